The van der Waals surface area contributed by atoms with Gasteiger partial charge in [-0.05, 0) is 36.1 Å². The van der Waals surface area contributed by atoms with Crippen molar-refractivity contribution in [2.75, 3.05) is 0 Å². The molecule has 0 aliphatic rings. The van der Waals surface area contributed by atoms with Gasteiger partial charge in [0.2, 0.25) is 0 Å². The Labute approximate surface area is 133 Å². The first-order valence-corrected chi connectivity index (χ1v) is 6.69. The van der Waals surface area contributed by atoms with Gasteiger partial charge in [0, 0.05) is 31.3 Å². The summed E-state index contributed by atoms with van der Waals surface area (Å²) in [5.41, 5.74) is 4.27. The third-order valence-electron chi connectivity index (χ3n) is 3.23. The van der Waals surface area contributed by atoms with Crippen molar-refractivity contribution in [3.8, 4) is 5.75 Å². The second-order valence-corrected chi connectivity index (χ2v) is 4.45. The molecule has 0 atom stereocenters. The second-order valence-electron chi connectivity index (χ2n) is 4.45. The molecule has 0 aliphatic carbocycles. The zero-order valence-corrected chi connectivity index (χ0v) is 13.5. The van der Waals surface area contributed by atoms with E-state index in [0.717, 1.165) is 24.1 Å². The number of aryl methyl sites for hydroxylation is 2. The zero-order chi connectivity index (χ0) is 13.7. The fourth-order valence-corrected chi connectivity index (χ4v) is 2.11. The SMILES string of the molecule is CCc1cccc(CC)c1N=Cc1ccccc1O.[Ru]. The van der Waals surface area contributed by atoms with Crippen molar-refractivity contribution in [2.45, 2.75) is 26.7 Å². The predicted molar refractivity (Wildman–Crippen MR) is 80.6 cm³/mol. The number of phenols is 1. The fraction of sp³-hybridized carbons (Fsp3) is 0.235. The minimum atomic E-state index is 0. The van der Waals surface area contributed by atoms with Crippen LogP contribution in [0.1, 0.15) is 30.5 Å². The largest absolute Gasteiger partial charge is 0.507 e. The van der Waals surface area contributed by atoms with Crippen LogP contribution < -0.4 is 0 Å². The fourth-order valence-electron chi connectivity index (χ4n) is 2.11. The molecule has 0 unspecified atom stereocenters. The van der Waals surface area contributed by atoms with Crippen LogP contribution in [-0.2, 0) is 32.3 Å². The second kappa shape index (κ2) is 7.96. The Morgan fingerprint density at radius 1 is 0.950 bits per heavy atom. The number of benzene rings is 2. The van der Waals surface area contributed by atoms with E-state index in [9.17, 15) is 5.11 Å². The summed E-state index contributed by atoms with van der Waals surface area (Å²) in [5, 5.41) is 9.75. The molecule has 0 aromatic heterocycles. The van der Waals surface area contributed by atoms with Gasteiger partial charge in [0.25, 0.3) is 0 Å². The van der Waals surface area contributed by atoms with Gasteiger partial charge < -0.3 is 5.11 Å². The summed E-state index contributed by atoms with van der Waals surface area (Å²) in [6.45, 7) is 4.27. The van der Waals surface area contributed by atoms with Crippen molar-refractivity contribution in [1.82, 2.24) is 0 Å². The van der Waals surface area contributed by atoms with E-state index in [0.29, 0.717) is 0 Å². The molecule has 0 radical (unpaired) electrons. The Morgan fingerprint density at radius 3 is 2.10 bits per heavy atom. The molecule has 0 bridgehead atoms. The number of hydrogen-bond donors (Lipinski definition) is 1. The van der Waals surface area contributed by atoms with Crippen LogP contribution in [0.4, 0.5) is 5.69 Å². The van der Waals surface area contributed by atoms with Crippen molar-refractivity contribution >= 4 is 11.9 Å². The maximum atomic E-state index is 9.75. The first-order valence-electron chi connectivity index (χ1n) is 6.69. The number of rotatable bonds is 4. The molecule has 3 heteroatoms. The number of aliphatic imine (C=N–C) groups is 1. The van der Waals surface area contributed by atoms with Crippen LogP contribution >= 0.6 is 0 Å². The first-order chi connectivity index (χ1) is 9.26. The normalized spacial score (nSPS) is 10.5. The van der Waals surface area contributed by atoms with Crippen LogP contribution in [-0.4, -0.2) is 11.3 Å². The van der Waals surface area contributed by atoms with E-state index in [2.05, 4.69) is 37.0 Å². The minimum absolute atomic E-state index is 0. The molecule has 0 spiro atoms. The van der Waals surface area contributed by atoms with Gasteiger partial charge in [-0.15, -0.1) is 0 Å². The summed E-state index contributed by atoms with van der Waals surface area (Å²) in [4.78, 5) is 4.59. The van der Waals surface area contributed by atoms with Gasteiger partial charge >= 0.3 is 0 Å². The third kappa shape index (κ3) is 3.77. The van der Waals surface area contributed by atoms with Gasteiger partial charge in [0.1, 0.15) is 5.75 Å². The van der Waals surface area contributed by atoms with Gasteiger partial charge in [-0.25, -0.2) is 0 Å². The van der Waals surface area contributed by atoms with Crippen LogP contribution in [0, 0.1) is 0 Å². The number of aromatic hydroxyl groups is 1. The predicted octanol–water partition coefficient (Wildman–Crippen LogP) is 4.27. The van der Waals surface area contributed by atoms with Gasteiger partial charge in [-0.1, -0.05) is 44.2 Å². The molecule has 2 rings (SSSR count). The molecule has 0 fully saturated rings. The summed E-state index contributed by atoms with van der Waals surface area (Å²) in [6.07, 6.45) is 3.66. The van der Waals surface area contributed by atoms with E-state index in [1.54, 1.807) is 12.3 Å². The Bertz CT molecular complexity index is 571. The van der Waals surface area contributed by atoms with E-state index < -0.39 is 0 Å². The quantitative estimate of drug-likeness (QED) is 0.646. The van der Waals surface area contributed by atoms with Crippen LogP contribution in [0.2, 0.25) is 0 Å². The molecule has 2 aromatic carbocycles. The van der Waals surface area contributed by atoms with E-state index in [1.165, 1.54) is 11.1 Å². The van der Waals surface area contributed by atoms with E-state index in [4.69, 9.17) is 0 Å². The molecular weight excluding hydrogens is 335 g/mol. The van der Waals surface area contributed by atoms with E-state index in [1.807, 2.05) is 18.2 Å². The van der Waals surface area contributed by atoms with Crippen LogP contribution in [0.15, 0.2) is 47.5 Å². The van der Waals surface area contributed by atoms with Crippen molar-refractivity contribution in [2.24, 2.45) is 4.99 Å². The van der Waals surface area contributed by atoms with Crippen LogP contribution in [0.5, 0.6) is 5.75 Å². The number of phenolic OH excluding ortho intramolecular Hbond substituents is 1. The Hall–Kier alpha value is -1.47. The maximum Gasteiger partial charge on any atom is 0.124 e. The van der Waals surface area contributed by atoms with Gasteiger partial charge in [0.05, 0.1) is 5.69 Å². The van der Waals surface area contributed by atoms with Crippen molar-refractivity contribution in [3.05, 3.63) is 59.2 Å². The van der Waals surface area contributed by atoms with Crippen molar-refractivity contribution < 1.29 is 24.6 Å². The number of hydrogen-bond acceptors (Lipinski definition) is 2. The molecule has 0 saturated heterocycles. The zero-order valence-electron chi connectivity index (χ0n) is 11.8. The molecule has 106 valence electrons. The molecule has 0 aliphatic heterocycles. The monoisotopic (exact) mass is 355 g/mol. The standard InChI is InChI=1S/C17H19NO.Ru/c1-3-13-9-7-10-14(4-2)17(13)18-12-15-8-5-6-11-16(15)19;/h5-12,19H,3-4H2,1-2H3;. The average molecular weight is 354 g/mol. The average Bonchev–Trinajstić information content (AvgIpc) is 2.46. The van der Waals surface area contributed by atoms with Gasteiger partial charge in [-0.2, -0.15) is 0 Å². The molecular formula is C17H19NORu. The van der Waals surface area contributed by atoms with E-state index >= 15 is 0 Å². The molecule has 20 heavy (non-hydrogen) atoms. The first kappa shape index (κ1) is 16.6. The molecule has 0 saturated carbocycles. The summed E-state index contributed by atoms with van der Waals surface area (Å²) < 4.78 is 0. The third-order valence-corrected chi connectivity index (χ3v) is 3.23. The molecule has 1 N–H and O–H groups in total. The van der Waals surface area contributed by atoms with E-state index in [-0.39, 0.29) is 25.2 Å². The molecule has 2 aromatic rings. The van der Waals surface area contributed by atoms with Crippen LogP contribution in [0.3, 0.4) is 0 Å². The summed E-state index contributed by atoms with van der Waals surface area (Å²) in [6, 6.07) is 13.5. The number of nitrogens with zero attached hydrogens (tertiary/aromatic N) is 1. The molecule has 0 heterocycles. The van der Waals surface area contributed by atoms with Gasteiger partial charge in [-0.3, -0.25) is 4.99 Å². The maximum absolute atomic E-state index is 9.75. The Balaban J connectivity index is 0.00000200. The topological polar surface area (TPSA) is 32.6 Å². The number of para-hydroxylation sites is 2. The molecule has 2 nitrogen and oxygen atoms in total. The smallest absolute Gasteiger partial charge is 0.124 e. The Kier molecular flexibility index (Phi) is 6.60. The molecule has 0 amide bonds. The summed E-state index contributed by atoms with van der Waals surface area (Å²) in [5.74, 6) is 0.262. The Morgan fingerprint density at radius 2 is 1.55 bits per heavy atom. The van der Waals surface area contributed by atoms with Gasteiger partial charge in [0.15, 0.2) is 0 Å². The van der Waals surface area contributed by atoms with Crippen molar-refractivity contribution in [1.29, 1.82) is 0 Å². The summed E-state index contributed by atoms with van der Waals surface area (Å²) >= 11 is 0. The van der Waals surface area contributed by atoms with Crippen molar-refractivity contribution in [3.63, 3.8) is 0 Å². The summed E-state index contributed by atoms with van der Waals surface area (Å²) in [7, 11) is 0. The van der Waals surface area contributed by atoms with Crippen LogP contribution in [0.25, 0.3) is 0 Å². The minimum Gasteiger partial charge on any atom is -0.507 e.